The van der Waals surface area contributed by atoms with Gasteiger partial charge in [0.1, 0.15) is 5.75 Å². The molecule has 0 fully saturated rings. The van der Waals surface area contributed by atoms with E-state index in [1.165, 1.54) is 0 Å². The average Bonchev–Trinajstić information content (AvgIpc) is 2.85. The average molecular weight is 446 g/mol. The molecule has 0 saturated heterocycles. The van der Waals surface area contributed by atoms with E-state index in [2.05, 4.69) is 21.4 Å². The molecule has 7 nitrogen and oxygen atoms in total. The van der Waals surface area contributed by atoms with E-state index in [4.69, 9.17) is 9.84 Å². The van der Waals surface area contributed by atoms with Gasteiger partial charge in [0.2, 0.25) is 5.91 Å². The second-order valence-corrected chi connectivity index (χ2v) is 8.21. The molecule has 2 heterocycles. The summed E-state index contributed by atoms with van der Waals surface area (Å²) in [6, 6.07) is 13.1. The number of hydrogen-bond donors (Lipinski definition) is 2. The molecule has 0 radical (unpaired) electrons. The van der Waals surface area contributed by atoms with E-state index < -0.39 is 5.97 Å². The lowest BCUT2D eigenvalue weighted by Crippen LogP contribution is -2.29. The maximum Gasteiger partial charge on any atom is 0.341 e. The van der Waals surface area contributed by atoms with Gasteiger partial charge in [-0.05, 0) is 72.1 Å². The van der Waals surface area contributed by atoms with Crippen LogP contribution in [0.2, 0.25) is 0 Å². The van der Waals surface area contributed by atoms with Crippen molar-refractivity contribution in [3.05, 3.63) is 89.5 Å². The highest BCUT2D eigenvalue weighted by atomic mass is 16.5. The minimum absolute atomic E-state index is 0.0295. The number of benzene rings is 1. The Bertz CT molecular complexity index is 1050. The number of aromatic nitrogens is 2. The number of hydrogen-bond acceptors (Lipinski definition) is 5. The van der Waals surface area contributed by atoms with Crippen LogP contribution in [-0.2, 0) is 16.0 Å². The summed E-state index contributed by atoms with van der Waals surface area (Å²) >= 11 is 0. The number of carboxylic acid groups (broad SMARTS) is 1. The Balaban J connectivity index is 1.44. The lowest BCUT2D eigenvalue weighted by Gasteiger charge is -2.27. The number of carboxylic acids is 1. The van der Waals surface area contributed by atoms with Gasteiger partial charge in [0.05, 0.1) is 6.04 Å². The molecular weight excluding hydrogens is 418 g/mol. The second-order valence-electron chi connectivity index (χ2n) is 8.21. The minimum atomic E-state index is -0.992. The quantitative estimate of drug-likeness (QED) is 0.515. The van der Waals surface area contributed by atoms with E-state index in [0.29, 0.717) is 18.6 Å². The van der Waals surface area contributed by atoms with Crippen molar-refractivity contribution < 1.29 is 19.4 Å². The van der Waals surface area contributed by atoms with E-state index in [1.807, 2.05) is 36.4 Å². The van der Waals surface area contributed by atoms with Gasteiger partial charge in [-0.25, -0.2) is 4.79 Å². The van der Waals surface area contributed by atoms with Gasteiger partial charge in [0.25, 0.3) is 0 Å². The molecule has 0 bridgehead atoms. The number of rotatable bonds is 9. The Hall–Kier alpha value is -3.74. The van der Waals surface area contributed by atoms with Gasteiger partial charge < -0.3 is 15.2 Å². The summed E-state index contributed by atoms with van der Waals surface area (Å²) in [5.74, 6) is -0.146. The van der Waals surface area contributed by atoms with Crippen molar-refractivity contribution in [3.8, 4) is 5.75 Å². The fourth-order valence-electron chi connectivity index (χ4n) is 4.48. The standard InChI is InChI=1S/C26H27N3O4/c30-24(29-26(19-6-3-13-27-15-19)20-7-4-14-28-16-20)12-11-18-5-1-9-22-21(18)8-2-10-23(22)33-17-25(31)32/h2-4,6-8,10,13-16,18,26H,1,5,9,11-12,17H2,(H,29,30)(H,31,32). The molecule has 0 saturated carbocycles. The van der Waals surface area contributed by atoms with Gasteiger partial charge in [-0.3, -0.25) is 14.8 Å². The zero-order valence-electron chi connectivity index (χ0n) is 18.3. The van der Waals surface area contributed by atoms with Crippen LogP contribution in [0.15, 0.2) is 67.3 Å². The third-order valence-electron chi connectivity index (χ3n) is 6.00. The first kappa shape index (κ1) is 22.5. The van der Waals surface area contributed by atoms with E-state index in [1.54, 1.807) is 24.8 Å². The van der Waals surface area contributed by atoms with Gasteiger partial charge >= 0.3 is 5.97 Å². The molecule has 1 aliphatic carbocycles. The Labute approximate surface area is 192 Å². The molecule has 1 aliphatic rings. The Morgan fingerprint density at radius 3 is 2.42 bits per heavy atom. The summed E-state index contributed by atoms with van der Waals surface area (Å²) < 4.78 is 5.50. The van der Waals surface area contributed by atoms with Gasteiger partial charge in [-0.2, -0.15) is 0 Å². The van der Waals surface area contributed by atoms with Crippen LogP contribution in [0.1, 0.15) is 59.9 Å². The van der Waals surface area contributed by atoms with Gasteiger partial charge in [0.15, 0.2) is 6.61 Å². The first-order valence-corrected chi connectivity index (χ1v) is 11.2. The van der Waals surface area contributed by atoms with E-state index in [9.17, 15) is 9.59 Å². The largest absolute Gasteiger partial charge is 0.482 e. The summed E-state index contributed by atoms with van der Waals surface area (Å²) in [6.07, 6.45) is 10.9. The van der Waals surface area contributed by atoms with Crippen LogP contribution in [0.3, 0.4) is 0 Å². The molecule has 4 rings (SSSR count). The van der Waals surface area contributed by atoms with Crippen LogP contribution in [0.4, 0.5) is 0 Å². The molecule has 2 aromatic heterocycles. The van der Waals surface area contributed by atoms with Crippen LogP contribution >= 0.6 is 0 Å². The van der Waals surface area contributed by atoms with Crippen molar-refractivity contribution >= 4 is 11.9 Å². The number of nitrogens with zero attached hydrogens (tertiary/aromatic N) is 2. The third-order valence-corrected chi connectivity index (χ3v) is 6.00. The predicted molar refractivity (Wildman–Crippen MR) is 123 cm³/mol. The highest BCUT2D eigenvalue weighted by molar-refractivity contribution is 5.77. The normalized spacial score (nSPS) is 15.0. The molecule has 0 spiro atoms. The highest BCUT2D eigenvalue weighted by Crippen LogP contribution is 2.39. The van der Waals surface area contributed by atoms with Crippen molar-refractivity contribution in [1.29, 1.82) is 0 Å². The van der Waals surface area contributed by atoms with Crippen molar-refractivity contribution in [2.45, 2.75) is 44.1 Å². The van der Waals surface area contributed by atoms with Crippen molar-refractivity contribution in [3.63, 3.8) is 0 Å². The van der Waals surface area contributed by atoms with Crippen LogP contribution in [-0.4, -0.2) is 33.6 Å². The maximum absolute atomic E-state index is 13.0. The van der Waals surface area contributed by atoms with Crippen molar-refractivity contribution in [2.24, 2.45) is 0 Å². The van der Waals surface area contributed by atoms with Gasteiger partial charge in [-0.15, -0.1) is 0 Å². The van der Waals surface area contributed by atoms with E-state index >= 15 is 0 Å². The number of carbonyl (C=O) groups excluding carboxylic acids is 1. The smallest absolute Gasteiger partial charge is 0.341 e. The summed E-state index contributed by atoms with van der Waals surface area (Å²) in [4.78, 5) is 32.2. The summed E-state index contributed by atoms with van der Waals surface area (Å²) in [7, 11) is 0. The van der Waals surface area contributed by atoms with Crippen LogP contribution in [0, 0.1) is 0 Å². The van der Waals surface area contributed by atoms with Gasteiger partial charge in [0, 0.05) is 31.2 Å². The maximum atomic E-state index is 13.0. The molecule has 1 unspecified atom stereocenters. The fourth-order valence-corrected chi connectivity index (χ4v) is 4.48. The number of fused-ring (bicyclic) bond motifs is 1. The third kappa shape index (κ3) is 5.74. The molecule has 170 valence electrons. The van der Waals surface area contributed by atoms with E-state index in [0.717, 1.165) is 41.5 Å². The lowest BCUT2D eigenvalue weighted by molar-refractivity contribution is -0.139. The van der Waals surface area contributed by atoms with Crippen molar-refractivity contribution in [1.82, 2.24) is 15.3 Å². The van der Waals surface area contributed by atoms with E-state index in [-0.39, 0.29) is 24.5 Å². The minimum Gasteiger partial charge on any atom is -0.482 e. The zero-order chi connectivity index (χ0) is 23.0. The Kier molecular flexibility index (Phi) is 7.29. The Morgan fingerprint density at radius 1 is 1.06 bits per heavy atom. The van der Waals surface area contributed by atoms with Gasteiger partial charge in [-0.1, -0.05) is 24.3 Å². The lowest BCUT2D eigenvalue weighted by atomic mass is 9.80. The molecule has 0 aliphatic heterocycles. The molecule has 1 atom stereocenters. The first-order chi connectivity index (χ1) is 16.1. The first-order valence-electron chi connectivity index (χ1n) is 11.2. The van der Waals surface area contributed by atoms with Crippen LogP contribution < -0.4 is 10.1 Å². The predicted octanol–water partition coefficient (Wildman–Crippen LogP) is 4.05. The zero-order valence-corrected chi connectivity index (χ0v) is 18.3. The summed E-state index contributed by atoms with van der Waals surface area (Å²) in [5.41, 5.74) is 4.04. The molecule has 7 heteroatoms. The molecule has 3 aromatic rings. The second kappa shape index (κ2) is 10.7. The summed E-state index contributed by atoms with van der Waals surface area (Å²) in [5, 5.41) is 12.1. The molecule has 2 N–H and O–H groups in total. The van der Waals surface area contributed by atoms with Crippen LogP contribution in [0.25, 0.3) is 0 Å². The Morgan fingerprint density at radius 2 is 1.79 bits per heavy atom. The monoisotopic (exact) mass is 445 g/mol. The number of ether oxygens (including phenoxy) is 1. The molecule has 33 heavy (non-hydrogen) atoms. The summed E-state index contributed by atoms with van der Waals surface area (Å²) in [6.45, 7) is -0.354. The molecular formula is C26H27N3O4. The topological polar surface area (TPSA) is 101 Å². The van der Waals surface area contributed by atoms with Crippen molar-refractivity contribution in [2.75, 3.05) is 6.61 Å². The number of nitrogens with one attached hydrogen (secondary N) is 1. The number of aliphatic carboxylic acids is 1. The fraction of sp³-hybridized carbons (Fsp3) is 0.308. The highest BCUT2D eigenvalue weighted by Gasteiger charge is 2.24. The SMILES string of the molecule is O=C(O)COc1cccc2c1CCCC2CCC(=O)NC(c1cccnc1)c1cccnc1. The number of pyridine rings is 2. The molecule has 1 aromatic carbocycles. The number of amides is 1. The number of carbonyl (C=O) groups is 2. The molecule has 1 amide bonds. The van der Waals surface area contributed by atoms with Crippen LogP contribution in [0.5, 0.6) is 5.75 Å².